The summed E-state index contributed by atoms with van der Waals surface area (Å²) in [6.45, 7) is 6.57. The van der Waals surface area contributed by atoms with Gasteiger partial charge in [0.05, 0.1) is 0 Å². The third-order valence-corrected chi connectivity index (χ3v) is 5.50. The van der Waals surface area contributed by atoms with E-state index in [0.717, 1.165) is 18.4 Å². The summed E-state index contributed by atoms with van der Waals surface area (Å²) in [4.78, 5) is 2.77. The molecule has 0 saturated heterocycles. The summed E-state index contributed by atoms with van der Waals surface area (Å²) in [6.07, 6.45) is 2.07. The normalized spacial score (nSPS) is 22.9. The van der Waals surface area contributed by atoms with E-state index in [-0.39, 0.29) is 5.82 Å². The lowest BCUT2D eigenvalue weighted by molar-refractivity contribution is 0.266. The van der Waals surface area contributed by atoms with Crippen molar-refractivity contribution in [2.45, 2.75) is 51.6 Å². The molecular formula is C18H22FNS. The molecule has 112 valence electrons. The van der Waals surface area contributed by atoms with Gasteiger partial charge >= 0.3 is 0 Å². The molecule has 1 fully saturated rings. The van der Waals surface area contributed by atoms with Gasteiger partial charge in [0.15, 0.2) is 0 Å². The number of benzene rings is 1. The maximum Gasteiger partial charge on any atom is 0.126 e. The number of hydrogen-bond donors (Lipinski definition) is 1. The minimum atomic E-state index is -0.0571. The van der Waals surface area contributed by atoms with Crippen LogP contribution in [0.2, 0.25) is 0 Å². The zero-order valence-electron chi connectivity index (χ0n) is 12.8. The fraction of sp³-hybridized carbons (Fsp3) is 0.444. The SMILES string of the molecule is Cc1cc(C(C)NC2CC(c3ccccc3F)C2)c(C)s1. The largest absolute Gasteiger partial charge is 0.307 e. The minimum Gasteiger partial charge on any atom is -0.307 e. The molecule has 1 aromatic carbocycles. The smallest absolute Gasteiger partial charge is 0.126 e. The Bertz CT molecular complexity index is 628. The van der Waals surface area contributed by atoms with Crippen molar-refractivity contribution in [3.8, 4) is 0 Å². The Balaban J connectivity index is 1.58. The summed E-state index contributed by atoms with van der Waals surface area (Å²) < 4.78 is 13.8. The van der Waals surface area contributed by atoms with E-state index in [0.29, 0.717) is 18.0 Å². The second kappa shape index (κ2) is 5.90. The van der Waals surface area contributed by atoms with Crippen molar-refractivity contribution in [1.82, 2.24) is 5.32 Å². The van der Waals surface area contributed by atoms with Crippen molar-refractivity contribution in [2.24, 2.45) is 0 Å². The van der Waals surface area contributed by atoms with Crippen LogP contribution in [0.25, 0.3) is 0 Å². The molecule has 1 unspecified atom stereocenters. The highest BCUT2D eigenvalue weighted by molar-refractivity contribution is 7.12. The predicted molar refractivity (Wildman–Crippen MR) is 87.5 cm³/mol. The van der Waals surface area contributed by atoms with Gasteiger partial charge < -0.3 is 5.32 Å². The Morgan fingerprint density at radius 3 is 2.57 bits per heavy atom. The average Bonchev–Trinajstić information content (AvgIpc) is 2.73. The molecule has 0 radical (unpaired) electrons. The lowest BCUT2D eigenvalue weighted by atomic mass is 9.75. The van der Waals surface area contributed by atoms with E-state index in [1.807, 2.05) is 23.5 Å². The predicted octanol–water partition coefficient (Wildman–Crippen LogP) is 5.10. The van der Waals surface area contributed by atoms with Gasteiger partial charge in [-0.15, -0.1) is 11.3 Å². The highest BCUT2D eigenvalue weighted by atomic mass is 32.1. The van der Waals surface area contributed by atoms with Crippen LogP contribution < -0.4 is 5.32 Å². The summed E-state index contributed by atoms with van der Waals surface area (Å²) in [5.74, 6) is 0.319. The second-order valence-corrected chi connectivity index (χ2v) is 7.60. The molecule has 0 aliphatic heterocycles. The van der Waals surface area contributed by atoms with E-state index in [1.54, 1.807) is 12.1 Å². The first kappa shape index (κ1) is 14.7. The van der Waals surface area contributed by atoms with Crippen molar-refractivity contribution in [3.63, 3.8) is 0 Å². The first-order chi connectivity index (χ1) is 10.0. The number of thiophene rings is 1. The third-order valence-electron chi connectivity index (χ3n) is 4.51. The summed E-state index contributed by atoms with van der Waals surface area (Å²) in [6, 6.07) is 10.3. The number of rotatable bonds is 4. The standard InChI is InChI=1S/C18H22FNS/c1-11-8-17(13(3)21-11)12(2)20-15-9-14(10-15)16-6-4-5-7-18(16)19/h4-8,12,14-15,20H,9-10H2,1-3H3. The van der Waals surface area contributed by atoms with Crippen LogP contribution in [0.5, 0.6) is 0 Å². The van der Waals surface area contributed by atoms with E-state index in [2.05, 4.69) is 32.2 Å². The van der Waals surface area contributed by atoms with Crippen LogP contribution in [-0.4, -0.2) is 6.04 Å². The molecule has 0 amide bonds. The zero-order chi connectivity index (χ0) is 15.0. The fourth-order valence-corrected chi connectivity index (χ4v) is 4.36. The van der Waals surface area contributed by atoms with Crippen molar-refractivity contribution in [3.05, 3.63) is 57.0 Å². The minimum absolute atomic E-state index is 0.0571. The Hall–Kier alpha value is -1.19. The summed E-state index contributed by atoms with van der Waals surface area (Å²) in [5.41, 5.74) is 2.29. The molecule has 2 aromatic rings. The molecule has 1 N–H and O–H groups in total. The molecule has 0 bridgehead atoms. The molecular weight excluding hydrogens is 281 g/mol. The Morgan fingerprint density at radius 2 is 1.95 bits per heavy atom. The lowest BCUT2D eigenvalue weighted by Crippen LogP contribution is -2.41. The van der Waals surface area contributed by atoms with E-state index in [9.17, 15) is 4.39 Å². The molecule has 1 atom stereocenters. The first-order valence-electron chi connectivity index (χ1n) is 7.62. The van der Waals surface area contributed by atoms with E-state index >= 15 is 0 Å². The Labute approximate surface area is 130 Å². The van der Waals surface area contributed by atoms with Crippen molar-refractivity contribution >= 4 is 11.3 Å². The van der Waals surface area contributed by atoms with Gasteiger partial charge in [0.2, 0.25) is 0 Å². The van der Waals surface area contributed by atoms with Crippen LogP contribution in [0.3, 0.4) is 0 Å². The van der Waals surface area contributed by atoms with Crippen LogP contribution in [0, 0.1) is 19.7 Å². The molecule has 1 aliphatic rings. The molecule has 1 heterocycles. The van der Waals surface area contributed by atoms with Gasteiger partial charge in [0.1, 0.15) is 5.82 Å². The number of halogens is 1. The third kappa shape index (κ3) is 3.04. The first-order valence-corrected chi connectivity index (χ1v) is 8.43. The summed E-state index contributed by atoms with van der Waals surface area (Å²) >= 11 is 1.86. The number of hydrogen-bond acceptors (Lipinski definition) is 2. The van der Waals surface area contributed by atoms with Crippen molar-refractivity contribution < 1.29 is 4.39 Å². The van der Waals surface area contributed by atoms with Gasteiger partial charge in [0.25, 0.3) is 0 Å². The molecule has 21 heavy (non-hydrogen) atoms. The fourth-order valence-electron chi connectivity index (χ4n) is 3.34. The maximum absolute atomic E-state index is 13.8. The van der Waals surface area contributed by atoms with E-state index in [1.165, 1.54) is 15.3 Å². The molecule has 3 heteroatoms. The van der Waals surface area contributed by atoms with Crippen LogP contribution >= 0.6 is 11.3 Å². The molecule has 0 spiro atoms. The van der Waals surface area contributed by atoms with E-state index < -0.39 is 0 Å². The van der Waals surface area contributed by atoms with Crippen LogP contribution in [0.4, 0.5) is 4.39 Å². The van der Waals surface area contributed by atoms with Crippen molar-refractivity contribution in [1.29, 1.82) is 0 Å². The molecule has 1 aliphatic carbocycles. The van der Waals surface area contributed by atoms with Gasteiger partial charge in [-0.05, 0) is 62.8 Å². The topological polar surface area (TPSA) is 12.0 Å². The highest BCUT2D eigenvalue weighted by Crippen LogP contribution is 2.39. The maximum atomic E-state index is 13.8. The molecule has 1 saturated carbocycles. The zero-order valence-corrected chi connectivity index (χ0v) is 13.6. The van der Waals surface area contributed by atoms with E-state index in [4.69, 9.17) is 0 Å². The van der Waals surface area contributed by atoms with Gasteiger partial charge in [-0.25, -0.2) is 4.39 Å². The molecule has 1 nitrogen and oxygen atoms in total. The highest BCUT2D eigenvalue weighted by Gasteiger charge is 2.32. The van der Waals surface area contributed by atoms with Gasteiger partial charge in [-0.2, -0.15) is 0 Å². The van der Waals surface area contributed by atoms with Gasteiger partial charge in [-0.3, -0.25) is 0 Å². The average molecular weight is 303 g/mol. The quantitative estimate of drug-likeness (QED) is 0.828. The monoisotopic (exact) mass is 303 g/mol. The second-order valence-electron chi connectivity index (χ2n) is 6.14. The van der Waals surface area contributed by atoms with Gasteiger partial charge in [-0.1, -0.05) is 18.2 Å². The molecule has 3 rings (SSSR count). The number of nitrogens with one attached hydrogen (secondary N) is 1. The number of aryl methyl sites for hydroxylation is 2. The van der Waals surface area contributed by atoms with Gasteiger partial charge in [0, 0.05) is 21.8 Å². The Morgan fingerprint density at radius 1 is 1.24 bits per heavy atom. The lowest BCUT2D eigenvalue weighted by Gasteiger charge is -2.38. The van der Waals surface area contributed by atoms with Crippen LogP contribution in [0.1, 0.15) is 52.6 Å². The molecule has 1 aromatic heterocycles. The van der Waals surface area contributed by atoms with Crippen LogP contribution in [-0.2, 0) is 0 Å². The summed E-state index contributed by atoms with van der Waals surface area (Å²) in [7, 11) is 0. The summed E-state index contributed by atoms with van der Waals surface area (Å²) in [5, 5.41) is 3.69. The van der Waals surface area contributed by atoms with Crippen LogP contribution in [0.15, 0.2) is 30.3 Å². The Kier molecular flexibility index (Phi) is 4.14. The van der Waals surface area contributed by atoms with Crippen molar-refractivity contribution in [2.75, 3.05) is 0 Å².